The largest absolute Gasteiger partial charge is 0.341 e. The number of nitrogens with one attached hydrogen (secondary N) is 2. The molecule has 13 heavy (non-hydrogen) atoms. The first-order chi connectivity index (χ1) is 6.13. The summed E-state index contributed by atoms with van der Waals surface area (Å²) in [6.45, 7) is 2.43. The number of nitrogens with zero attached hydrogens (tertiary/aromatic N) is 2. The lowest BCUT2D eigenvalue weighted by molar-refractivity contribution is 0.242. The van der Waals surface area contributed by atoms with Crippen molar-refractivity contribution >= 4 is 6.03 Å². The highest BCUT2D eigenvalue weighted by molar-refractivity contribution is 5.73. The lowest BCUT2D eigenvalue weighted by atomic mass is 10.4. The van der Waals surface area contributed by atoms with Gasteiger partial charge >= 0.3 is 6.03 Å². The van der Waals surface area contributed by atoms with E-state index in [1.165, 1.54) is 0 Å². The number of rotatable bonds is 2. The quantitative estimate of drug-likeness (QED) is 0.684. The van der Waals surface area contributed by atoms with E-state index in [2.05, 4.69) is 15.7 Å². The van der Waals surface area contributed by atoms with Crippen LogP contribution in [0.25, 0.3) is 0 Å². The van der Waals surface area contributed by atoms with Gasteiger partial charge in [0.2, 0.25) is 0 Å². The summed E-state index contributed by atoms with van der Waals surface area (Å²) in [5.41, 5.74) is 1.94. The number of carbonyl (C=O) groups is 1. The Morgan fingerprint density at radius 3 is 2.85 bits per heavy atom. The van der Waals surface area contributed by atoms with Gasteiger partial charge in [0, 0.05) is 19.8 Å². The highest BCUT2D eigenvalue weighted by Gasteiger charge is 2.01. The molecule has 0 unspecified atom stereocenters. The van der Waals surface area contributed by atoms with Crippen LogP contribution in [0.4, 0.5) is 4.79 Å². The van der Waals surface area contributed by atoms with Crippen LogP contribution in [0.3, 0.4) is 0 Å². The van der Waals surface area contributed by atoms with E-state index in [9.17, 15) is 4.79 Å². The lowest BCUT2D eigenvalue weighted by Crippen LogP contribution is -2.32. The third-order valence-corrected chi connectivity index (χ3v) is 1.82. The molecule has 0 aliphatic carbocycles. The van der Waals surface area contributed by atoms with Crippen LogP contribution in [0, 0.1) is 6.92 Å². The van der Waals surface area contributed by atoms with E-state index in [0.717, 1.165) is 11.4 Å². The molecule has 1 aromatic rings. The molecular weight excluding hydrogens is 168 g/mol. The van der Waals surface area contributed by atoms with Gasteiger partial charge in [-0.2, -0.15) is 5.10 Å². The molecule has 72 valence electrons. The molecule has 0 spiro atoms. The summed E-state index contributed by atoms with van der Waals surface area (Å²) >= 11 is 0. The molecule has 2 N–H and O–H groups in total. The van der Waals surface area contributed by atoms with Gasteiger partial charge in [-0.25, -0.2) is 4.79 Å². The number of hydrogen-bond acceptors (Lipinski definition) is 2. The number of amides is 2. The minimum atomic E-state index is -0.191. The Morgan fingerprint density at radius 2 is 2.38 bits per heavy atom. The van der Waals surface area contributed by atoms with Gasteiger partial charge in [-0.15, -0.1) is 0 Å². The molecule has 0 radical (unpaired) electrons. The van der Waals surface area contributed by atoms with Gasteiger partial charge in [0.1, 0.15) is 0 Å². The maximum atomic E-state index is 10.8. The second kappa shape index (κ2) is 3.93. The van der Waals surface area contributed by atoms with Gasteiger partial charge in [-0.1, -0.05) is 0 Å². The first-order valence-electron chi connectivity index (χ1n) is 4.08. The fourth-order valence-corrected chi connectivity index (χ4v) is 0.981. The van der Waals surface area contributed by atoms with Gasteiger partial charge in [0.25, 0.3) is 0 Å². The van der Waals surface area contributed by atoms with Crippen molar-refractivity contribution in [3.05, 3.63) is 17.5 Å². The maximum absolute atomic E-state index is 10.8. The van der Waals surface area contributed by atoms with E-state index in [1.54, 1.807) is 11.7 Å². The van der Waals surface area contributed by atoms with Crippen molar-refractivity contribution in [2.45, 2.75) is 13.5 Å². The first-order valence-corrected chi connectivity index (χ1v) is 4.08. The molecule has 0 aliphatic heterocycles. The Hall–Kier alpha value is -1.52. The van der Waals surface area contributed by atoms with Crippen molar-refractivity contribution in [2.75, 3.05) is 7.05 Å². The SMILES string of the molecule is CNC(=O)NCc1cc(C)n(C)n1. The van der Waals surface area contributed by atoms with Crippen molar-refractivity contribution in [3.63, 3.8) is 0 Å². The van der Waals surface area contributed by atoms with E-state index in [1.807, 2.05) is 20.0 Å². The predicted molar refractivity (Wildman–Crippen MR) is 49.2 cm³/mol. The zero-order valence-electron chi connectivity index (χ0n) is 8.09. The van der Waals surface area contributed by atoms with Crippen molar-refractivity contribution in [3.8, 4) is 0 Å². The summed E-state index contributed by atoms with van der Waals surface area (Å²) in [6, 6.07) is 1.75. The molecule has 1 heterocycles. The van der Waals surface area contributed by atoms with E-state index in [0.29, 0.717) is 6.54 Å². The van der Waals surface area contributed by atoms with Crippen LogP contribution in [0.2, 0.25) is 0 Å². The summed E-state index contributed by atoms with van der Waals surface area (Å²) in [4.78, 5) is 10.8. The Labute approximate surface area is 77.1 Å². The summed E-state index contributed by atoms with van der Waals surface area (Å²) < 4.78 is 1.78. The van der Waals surface area contributed by atoms with Crippen molar-refractivity contribution < 1.29 is 4.79 Å². The van der Waals surface area contributed by atoms with Crippen LogP contribution in [0.1, 0.15) is 11.4 Å². The third-order valence-electron chi connectivity index (χ3n) is 1.82. The zero-order chi connectivity index (χ0) is 9.84. The van der Waals surface area contributed by atoms with Crippen LogP contribution < -0.4 is 10.6 Å². The Kier molecular flexibility index (Phi) is 2.89. The monoisotopic (exact) mass is 182 g/mol. The number of aromatic nitrogens is 2. The van der Waals surface area contributed by atoms with Crippen molar-refractivity contribution in [1.82, 2.24) is 20.4 Å². The van der Waals surface area contributed by atoms with E-state index in [-0.39, 0.29) is 6.03 Å². The second-order valence-electron chi connectivity index (χ2n) is 2.83. The third kappa shape index (κ3) is 2.47. The maximum Gasteiger partial charge on any atom is 0.314 e. The average Bonchev–Trinajstić information content (AvgIpc) is 2.42. The van der Waals surface area contributed by atoms with Crippen LogP contribution in [-0.4, -0.2) is 22.9 Å². The molecule has 1 aromatic heterocycles. The standard InChI is InChI=1S/C8H14N4O/c1-6-4-7(11-12(6)3)5-10-8(13)9-2/h4H,5H2,1-3H3,(H2,9,10,13). The minimum Gasteiger partial charge on any atom is -0.341 e. The molecule has 5 nitrogen and oxygen atoms in total. The number of carbonyl (C=O) groups excluding carboxylic acids is 1. The highest BCUT2D eigenvalue weighted by atomic mass is 16.2. The summed E-state index contributed by atoms with van der Waals surface area (Å²) in [5.74, 6) is 0. The highest BCUT2D eigenvalue weighted by Crippen LogP contribution is 1.99. The Balaban J connectivity index is 2.50. The van der Waals surface area contributed by atoms with Gasteiger partial charge in [-0.3, -0.25) is 4.68 Å². The molecule has 0 saturated heterocycles. The number of urea groups is 1. The lowest BCUT2D eigenvalue weighted by Gasteiger charge is -2.00. The molecule has 0 aliphatic rings. The molecule has 5 heteroatoms. The Bertz CT molecular complexity index is 286. The molecule has 0 saturated carbocycles. The molecule has 2 amide bonds. The molecule has 0 atom stereocenters. The van der Waals surface area contributed by atoms with E-state index in [4.69, 9.17) is 0 Å². The summed E-state index contributed by atoms with van der Waals surface area (Å²) in [6.07, 6.45) is 0. The normalized spacial score (nSPS) is 9.77. The fraction of sp³-hybridized carbons (Fsp3) is 0.500. The predicted octanol–water partition coefficient (Wildman–Crippen LogP) is 0.158. The number of aryl methyl sites for hydroxylation is 2. The van der Waals surface area contributed by atoms with Gasteiger partial charge in [-0.05, 0) is 13.0 Å². The van der Waals surface area contributed by atoms with E-state index < -0.39 is 0 Å². The average molecular weight is 182 g/mol. The topological polar surface area (TPSA) is 59.0 Å². The van der Waals surface area contributed by atoms with Gasteiger partial charge in [0.15, 0.2) is 0 Å². The van der Waals surface area contributed by atoms with Crippen molar-refractivity contribution in [2.24, 2.45) is 7.05 Å². The summed E-state index contributed by atoms with van der Waals surface area (Å²) in [7, 11) is 3.46. The van der Waals surface area contributed by atoms with E-state index >= 15 is 0 Å². The van der Waals surface area contributed by atoms with Crippen molar-refractivity contribution in [1.29, 1.82) is 0 Å². The first kappa shape index (κ1) is 9.57. The smallest absolute Gasteiger partial charge is 0.314 e. The molecule has 0 bridgehead atoms. The Morgan fingerprint density at radius 1 is 1.69 bits per heavy atom. The minimum absolute atomic E-state index is 0.191. The van der Waals surface area contributed by atoms with Crippen LogP contribution in [-0.2, 0) is 13.6 Å². The van der Waals surface area contributed by atoms with Gasteiger partial charge < -0.3 is 10.6 Å². The van der Waals surface area contributed by atoms with Crippen LogP contribution in [0.5, 0.6) is 0 Å². The fourth-order valence-electron chi connectivity index (χ4n) is 0.981. The zero-order valence-corrected chi connectivity index (χ0v) is 8.09. The molecular formula is C8H14N4O. The second-order valence-corrected chi connectivity index (χ2v) is 2.83. The van der Waals surface area contributed by atoms with Gasteiger partial charge in [0.05, 0.1) is 12.2 Å². The number of hydrogen-bond donors (Lipinski definition) is 2. The van der Waals surface area contributed by atoms with Crippen LogP contribution in [0.15, 0.2) is 6.07 Å². The molecule has 1 rings (SSSR count). The summed E-state index contributed by atoms with van der Waals surface area (Å²) in [5, 5.41) is 9.33. The molecule has 0 aromatic carbocycles. The molecule has 0 fully saturated rings. The van der Waals surface area contributed by atoms with Crippen LogP contribution >= 0.6 is 0 Å².